The molecule has 0 atom stereocenters. The first-order valence-electron chi connectivity index (χ1n) is 7.05. The van der Waals surface area contributed by atoms with Gasteiger partial charge in [-0.15, -0.1) is 0 Å². The maximum Gasteiger partial charge on any atom is 0.236 e. The van der Waals surface area contributed by atoms with Gasteiger partial charge in [-0.25, -0.2) is 0 Å². The summed E-state index contributed by atoms with van der Waals surface area (Å²) in [6.45, 7) is 6.13. The summed E-state index contributed by atoms with van der Waals surface area (Å²) in [6, 6.07) is 4.13. The lowest BCUT2D eigenvalue weighted by Crippen LogP contribution is -2.38. The molecule has 0 spiro atoms. The molecular formula is C16H24N2O2. The van der Waals surface area contributed by atoms with Gasteiger partial charge in [0, 0.05) is 14.1 Å². The summed E-state index contributed by atoms with van der Waals surface area (Å²) in [5.74, 6) is -1.31. The highest BCUT2D eigenvalue weighted by atomic mass is 16.2. The number of carbonyl (C=O) groups is 2. The minimum absolute atomic E-state index is 0.266. The number of amides is 2. The van der Waals surface area contributed by atoms with Crippen LogP contribution in [0.1, 0.15) is 42.0 Å². The van der Waals surface area contributed by atoms with Crippen molar-refractivity contribution in [2.75, 3.05) is 14.1 Å². The number of carbonyl (C=O) groups excluding carboxylic acids is 2. The van der Waals surface area contributed by atoms with Crippen molar-refractivity contribution in [2.45, 2.75) is 39.5 Å². The maximum absolute atomic E-state index is 12.2. The van der Waals surface area contributed by atoms with Gasteiger partial charge in [0.25, 0.3) is 0 Å². The van der Waals surface area contributed by atoms with Crippen molar-refractivity contribution >= 4 is 11.8 Å². The minimum Gasteiger partial charge on any atom is -0.358 e. The first-order chi connectivity index (χ1) is 9.49. The van der Waals surface area contributed by atoms with Crippen LogP contribution in [0.4, 0.5) is 0 Å². The Morgan fingerprint density at radius 3 is 1.70 bits per heavy atom. The van der Waals surface area contributed by atoms with E-state index in [4.69, 9.17) is 0 Å². The molecule has 0 saturated heterocycles. The van der Waals surface area contributed by atoms with Crippen molar-refractivity contribution in [3.63, 3.8) is 0 Å². The Kier molecular flexibility index (Phi) is 5.74. The molecule has 20 heavy (non-hydrogen) atoms. The zero-order chi connectivity index (χ0) is 15.3. The summed E-state index contributed by atoms with van der Waals surface area (Å²) in [4.78, 5) is 24.3. The summed E-state index contributed by atoms with van der Waals surface area (Å²) < 4.78 is 0. The molecule has 0 radical (unpaired) electrons. The second-order valence-electron chi connectivity index (χ2n) is 4.87. The Balaban J connectivity index is 3.53. The summed E-state index contributed by atoms with van der Waals surface area (Å²) in [5, 5.41) is 5.19. The van der Waals surface area contributed by atoms with Gasteiger partial charge in [-0.3, -0.25) is 9.59 Å². The van der Waals surface area contributed by atoms with Crippen LogP contribution in [-0.4, -0.2) is 25.9 Å². The standard InChI is InChI=1S/C16H24N2O2/c1-6-11-8-10(3)9-12(7-2)13(11)14(15(19)17-4)16(20)18-5/h8-9,14H,6-7H2,1-5H3,(H,17,19)(H,18,20). The number of nitrogens with one attached hydrogen (secondary N) is 2. The third-order valence-corrected chi connectivity index (χ3v) is 3.56. The number of aryl methyl sites for hydroxylation is 3. The van der Waals surface area contributed by atoms with Gasteiger partial charge in [-0.1, -0.05) is 31.5 Å². The first kappa shape index (κ1) is 16.2. The molecule has 0 bridgehead atoms. The molecule has 0 saturated carbocycles. The Morgan fingerprint density at radius 1 is 1.00 bits per heavy atom. The third-order valence-electron chi connectivity index (χ3n) is 3.56. The fourth-order valence-corrected chi connectivity index (χ4v) is 2.58. The zero-order valence-corrected chi connectivity index (χ0v) is 13.0. The molecule has 0 aromatic heterocycles. The van der Waals surface area contributed by atoms with Gasteiger partial charge >= 0.3 is 0 Å². The van der Waals surface area contributed by atoms with Gasteiger partial charge in [0.15, 0.2) is 0 Å². The van der Waals surface area contributed by atoms with E-state index >= 15 is 0 Å². The smallest absolute Gasteiger partial charge is 0.236 e. The van der Waals surface area contributed by atoms with Gasteiger partial charge in [-0.05, 0) is 36.5 Å². The maximum atomic E-state index is 12.2. The largest absolute Gasteiger partial charge is 0.358 e. The van der Waals surface area contributed by atoms with Crippen LogP contribution in [0.3, 0.4) is 0 Å². The van der Waals surface area contributed by atoms with Crippen LogP contribution >= 0.6 is 0 Å². The van der Waals surface area contributed by atoms with Crippen LogP contribution in [0.5, 0.6) is 0 Å². The van der Waals surface area contributed by atoms with Crippen molar-refractivity contribution in [3.05, 3.63) is 34.4 Å². The Labute approximate surface area is 121 Å². The van der Waals surface area contributed by atoms with Crippen molar-refractivity contribution < 1.29 is 9.59 Å². The van der Waals surface area contributed by atoms with E-state index < -0.39 is 5.92 Å². The lowest BCUT2D eigenvalue weighted by molar-refractivity contribution is -0.131. The monoisotopic (exact) mass is 276 g/mol. The molecule has 0 unspecified atom stereocenters. The average Bonchev–Trinajstić information content (AvgIpc) is 2.47. The molecule has 1 aromatic rings. The highest BCUT2D eigenvalue weighted by molar-refractivity contribution is 6.06. The van der Waals surface area contributed by atoms with Gasteiger partial charge in [-0.2, -0.15) is 0 Å². The Bertz CT molecular complexity index is 468. The molecule has 2 amide bonds. The number of rotatable bonds is 5. The van der Waals surface area contributed by atoms with Crippen LogP contribution in [0.25, 0.3) is 0 Å². The summed E-state index contributed by atoms with van der Waals surface area (Å²) in [6.07, 6.45) is 1.60. The fraction of sp³-hybridized carbons (Fsp3) is 0.500. The molecule has 0 heterocycles. The molecule has 0 aliphatic heterocycles. The Morgan fingerprint density at radius 2 is 1.40 bits per heavy atom. The molecule has 110 valence electrons. The van der Waals surface area contributed by atoms with Gasteiger partial charge < -0.3 is 10.6 Å². The predicted octanol–water partition coefficient (Wildman–Crippen LogP) is 1.70. The molecule has 0 aliphatic rings. The molecule has 2 N–H and O–H groups in total. The van der Waals surface area contributed by atoms with E-state index in [1.54, 1.807) is 14.1 Å². The lowest BCUT2D eigenvalue weighted by Gasteiger charge is -2.21. The van der Waals surface area contributed by atoms with Crippen LogP contribution in [0, 0.1) is 6.92 Å². The van der Waals surface area contributed by atoms with Crippen LogP contribution in [0.15, 0.2) is 12.1 Å². The van der Waals surface area contributed by atoms with Crippen LogP contribution in [-0.2, 0) is 22.4 Å². The second kappa shape index (κ2) is 7.08. The highest BCUT2D eigenvalue weighted by Gasteiger charge is 2.30. The third kappa shape index (κ3) is 3.18. The van der Waals surface area contributed by atoms with Crippen molar-refractivity contribution in [3.8, 4) is 0 Å². The normalized spacial score (nSPS) is 10.5. The molecule has 1 rings (SSSR count). The second-order valence-corrected chi connectivity index (χ2v) is 4.87. The van der Waals surface area contributed by atoms with Gasteiger partial charge in [0.2, 0.25) is 11.8 Å². The van der Waals surface area contributed by atoms with Gasteiger partial charge in [0.1, 0.15) is 5.92 Å². The molecule has 0 aliphatic carbocycles. The molecule has 0 fully saturated rings. The van der Waals surface area contributed by atoms with Gasteiger partial charge in [0.05, 0.1) is 0 Å². The van der Waals surface area contributed by atoms with E-state index in [1.807, 2.05) is 20.8 Å². The number of benzene rings is 1. The summed E-state index contributed by atoms with van der Waals surface area (Å²) >= 11 is 0. The molecule has 4 nitrogen and oxygen atoms in total. The highest BCUT2D eigenvalue weighted by Crippen LogP contribution is 2.28. The number of likely N-dealkylation sites (N-methyl/N-ethyl adjacent to an activating group) is 2. The predicted molar refractivity (Wildman–Crippen MR) is 80.8 cm³/mol. The van der Waals surface area contributed by atoms with E-state index in [2.05, 4.69) is 22.8 Å². The summed E-state index contributed by atoms with van der Waals surface area (Å²) in [7, 11) is 3.12. The number of hydrogen-bond acceptors (Lipinski definition) is 2. The van der Waals surface area contributed by atoms with Crippen molar-refractivity contribution in [1.29, 1.82) is 0 Å². The minimum atomic E-state index is -0.782. The van der Waals surface area contributed by atoms with E-state index in [-0.39, 0.29) is 11.8 Å². The van der Waals surface area contributed by atoms with E-state index in [9.17, 15) is 9.59 Å². The molecule has 1 aromatic carbocycles. The number of hydrogen-bond donors (Lipinski definition) is 2. The molecule has 4 heteroatoms. The van der Waals surface area contributed by atoms with E-state index in [0.29, 0.717) is 0 Å². The summed E-state index contributed by atoms with van der Waals surface area (Å²) in [5.41, 5.74) is 4.16. The topological polar surface area (TPSA) is 58.2 Å². The van der Waals surface area contributed by atoms with E-state index in [0.717, 1.165) is 35.1 Å². The SMILES string of the molecule is CCc1cc(C)cc(CC)c1C(C(=O)NC)C(=O)NC. The first-order valence-corrected chi connectivity index (χ1v) is 7.05. The van der Waals surface area contributed by atoms with Crippen molar-refractivity contribution in [2.24, 2.45) is 0 Å². The quantitative estimate of drug-likeness (QED) is 0.804. The van der Waals surface area contributed by atoms with E-state index in [1.165, 1.54) is 0 Å². The van der Waals surface area contributed by atoms with Crippen LogP contribution < -0.4 is 10.6 Å². The Hall–Kier alpha value is -1.84. The van der Waals surface area contributed by atoms with Crippen molar-refractivity contribution in [1.82, 2.24) is 10.6 Å². The molecular weight excluding hydrogens is 252 g/mol. The zero-order valence-electron chi connectivity index (χ0n) is 13.0. The lowest BCUT2D eigenvalue weighted by atomic mass is 9.85. The van der Waals surface area contributed by atoms with Crippen LogP contribution in [0.2, 0.25) is 0 Å². The fourth-order valence-electron chi connectivity index (χ4n) is 2.58. The average molecular weight is 276 g/mol.